The predicted octanol–water partition coefficient (Wildman–Crippen LogP) is 1.55. The maximum atomic E-state index is 11.6. The molecule has 1 N–H and O–H groups in total. The Balaban J connectivity index is -0.0000000402. The summed E-state index contributed by atoms with van der Waals surface area (Å²) in [6, 6.07) is 0. The number of hydrogen-bond acceptors (Lipinski definition) is 3. The number of carbonyl (C=O) groups is 1. The largest absolute Gasteiger partial charge is 0 e. The molecular formula is C9H10NO2W9-. The van der Waals surface area contributed by atoms with Crippen molar-refractivity contribution in [3.63, 3.8) is 0 Å². The van der Waals surface area contributed by atoms with E-state index < -0.39 is 0 Å². The Morgan fingerprint density at radius 3 is 1.52 bits per heavy atom. The molecule has 0 aromatic heterocycles. The monoisotopic (exact) mass is 1820 g/mol. The third kappa shape index (κ3) is 21.0. The first-order valence-electron chi connectivity index (χ1n) is 3.79. The van der Waals surface area contributed by atoms with E-state index in [1.54, 1.807) is 20.8 Å². The third-order valence-corrected chi connectivity index (χ3v) is 3.16. The fourth-order valence-electron chi connectivity index (χ4n) is 0.740. The molecular weight excluding hydrogens is 1810 g/mol. The summed E-state index contributed by atoms with van der Waals surface area (Å²) < 4.78 is 4.60. The quantitative estimate of drug-likeness (QED) is 0.202. The normalized spacial score (nSPS) is 8.81. The molecule has 0 radical (unpaired) electrons. The summed E-state index contributed by atoms with van der Waals surface area (Å²) in [5, 5.41) is 9.67. The fraction of sp³-hybridized carbons (Fsp3) is 0.333. The maximum absolute atomic E-state index is 11.6. The van der Waals surface area contributed by atoms with Crippen LogP contribution in [0.3, 0.4) is 0 Å². The molecule has 0 rings (SSSR count). The first kappa shape index (κ1) is 50.1. The Morgan fingerprint density at radius 1 is 1.00 bits per heavy atom. The van der Waals surface area contributed by atoms with Crippen molar-refractivity contribution in [1.82, 2.24) is 0 Å². The topological polar surface area (TPSA) is 49.7 Å². The van der Waals surface area contributed by atoms with Gasteiger partial charge >= 0.3 is 106 Å². The zero-order chi connectivity index (χ0) is 11.3. The molecule has 0 atom stereocenters. The van der Waals surface area contributed by atoms with Gasteiger partial charge in [0.05, 0.1) is 0 Å². The average molecular weight is 1820 g/mol. The number of nitrogens with zero attached hydrogens (tertiary/aromatic N) is 1. The van der Waals surface area contributed by atoms with Crippen LogP contribution < -0.4 is 0 Å². The van der Waals surface area contributed by atoms with Crippen LogP contribution in [0.5, 0.6) is 0 Å². The standard InChI is InChI=1S/C9H10NO2.9W/c1-4-7(8(11)5-2)9(12)6(3)10;;;;;;;;;/h12H,1-3H3;;;;;;;;;/q-1;;;;;;;;;. The molecule has 21 heavy (non-hydrogen) atoms. The molecule has 0 aliphatic rings. The minimum Gasteiger partial charge on any atom is 0 e. The number of ketones is 1. The molecule has 0 aliphatic carbocycles. The summed E-state index contributed by atoms with van der Waals surface area (Å²) in [6.45, 7) is 5.02. The number of rotatable bonds is 4. The number of allylic oxidation sites excluding steroid dienone is 3. The van der Waals surface area contributed by atoms with Gasteiger partial charge in [0, 0.05) is 147 Å². The Bertz CT molecular complexity index is 355. The number of hydrogen-bond donors (Lipinski definition) is 1. The summed E-state index contributed by atoms with van der Waals surface area (Å²) in [5.74, 6) is -0.217. The van der Waals surface area contributed by atoms with E-state index in [2.05, 4.69) is 9.57 Å². The fourth-order valence-corrected chi connectivity index (χ4v) is 1.42. The van der Waals surface area contributed by atoms with E-state index in [4.69, 9.17) is 0 Å². The van der Waals surface area contributed by atoms with Gasteiger partial charge in [0.1, 0.15) is 0 Å². The van der Waals surface area contributed by atoms with Crippen molar-refractivity contribution in [2.75, 3.05) is 0 Å². The van der Waals surface area contributed by atoms with Crippen molar-refractivity contribution >= 4 is 9.68 Å². The summed E-state index contributed by atoms with van der Waals surface area (Å²) in [7, 11) is 0. The van der Waals surface area contributed by atoms with Crippen LogP contribution in [-0.4, -0.2) is 14.8 Å². The SMILES string of the molecule is C[C-]=C(C(=O)[C](C)=[W])C(O)=C(C)[N]=[W].[W].[W].[W].[W].[W].[W].[W]. The number of aliphatic hydroxyl groups excluding tert-OH is 1. The van der Waals surface area contributed by atoms with Crippen LogP contribution in [0.2, 0.25) is 0 Å². The Kier molecular flexibility index (Phi) is 70.5. The van der Waals surface area contributed by atoms with Crippen LogP contribution in [0.4, 0.5) is 0 Å². The molecule has 0 aromatic carbocycles. The van der Waals surface area contributed by atoms with Gasteiger partial charge in [-0.05, 0) is 0 Å². The second-order valence-electron chi connectivity index (χ2n) is 2.54. The van der Waals surface area contributed by atoms with E-state index in [0.29, 0.717) is 9.59 Å². The molecule has 12 heteroatoms. The van der Waals surface area contributed by atoms with Crippen molar-refractivity contribution in [2.45, 2.75) is 20.8 Å². The van der Waals surface area contributed by atoms with E-state index in [0.717, 1.165) is 39.0 Å². The van der Waals surface area contributed by atoms with Crippen molar-refractivity contribution < 1.29 is 196 Å². The zero-order valence-electron chi connectivity index (χ0n) is 11.0. The molecule has 0 aliphatic heterocycles. The van der Waals surface area contributed by atoms with E-state index in [1.165, 1.54) is 0 Å². The molecule has 0 saturated carbocycles. The molecule has 3 nitrogen and oxygen atoms in total. The molecule has 0 amide bonds. The third-order valence-electron chi connectivity index (χ3n) is 1.51. The van der Waals surface area contributed by atoms with Crippen molar-refractivity contribution in [1.29, 1.82) is 0 Å². The Morgan fingerprint density at radius 2 is 1.33 bits per heavy atom. The van der Waals surface area contributed by atoms with Crippen LogP contribution in [-0.2, 0) is 191 Å². The first-order chi connectivity index (χ1) is 6.45. The van der Waals surface area contributed by atoms with Gasteiger partial charge in [-0.25, -0.2) is 0 Å². The number of carbonyl (C=O) groups excluding carboxylic acids is 1. The molecule has 0 fully saturated rings. The second-order valence-corrected chi connectivity index (χ2v) is 5.39. The van der Waals surface area contributed by atoms with Gasteiger partial charge in [-0.3, -0.25) is 0 Å². The zero-order valence-corrected chi connectivity index (χ0v) is 37.4. The van der Waals surface area contributed by atoms with E-state index in [1.807, 2.05) is 0 Å². The minimum absolute atomic E-state index is 0. The summed E-state index contributed by atoms with van der Waals surface area (Å²) >= 11 is 2.09. The van der Waals surface area contributed by atoms with Crippen LogP contribution in [0.1, 0.15) is 20.8 Å². The molecule has 0 spiro atoms. The van der Waals surface area contributed by atoms with E-state index in [-0.39, 0.29) is 165 Å². The van der Waals surface area contributed by atoms with Gasteiger partial charge in [0.25, 0.3) is 0 Å². The number of Topliss-reactive ketones (excluding diaryl/α,β-unsaturated/α-hetero) is 1. The molecule has 0 unspecified atom stereocenters. The van der Waals surface area contributed by atoms with Crippen LogP contribution in [0.25, 0.3) is 0 Å². The molecule has 0 aromatic rings. The van der Waals surface area contributed by atoms with Gasteiger partial charge in [0.15, 0.2) is 0 Å². The summed E-state index contributed by atoms with van der Waals surface area (Å²) in [6.07, 6.45) is 2.70. The van der Waals surface area contributed by atoms with Gasteiger partial charge in [-0.15, -0.1) is 0 Å². The van der Waals surface area contributed by atoms with Crippen LogP contribution >= 0.6 is 0 Å². The van der Waals surface area contributed by atoms with Gasteiger partial charge < -0.3 is 0 Å². The van der Waals surface area contributed by atoms with Crippen molar-refractivity contribution in [2.24, 2.45) is 3.50 Å². The molecule has 0 heterocycles. The van der Waals surface area contributed by atoms with E-state index in [9.17, 15) is 9.90 Å². The van der Waals surface area contributed by atoms with Gasteiger partial charge in [-0.2, -0.15) is 0 Å². The van der Waals surface area contributed by atoms with Crippen LogP contribution in [0, 0.1) is 6.08 Å². The van der Waals surface area contributed by atoms with Gasteiger partial charge in [0.2, 0.25) is 0 Å². The van der Waals surface area contributed by atoms with Crippen molar-refractivity contribution in [3.8, 4) is 0 Å². The Labute approximate surface area is 248 Å². The second kappa shape index (κ2) is 29.6. The molecule has 0 saturated heterocycles. The van der Waals surface area contributed by atoms with Crippen LogP contribution in [0.15, 0.2) is 20.5 Å². The van der Waals surface area contributed by atoms with E-state index >= 15 is 0 Å². The minimum atomic E-state index is -0.155. The maximum Gasteiger partial charge on any atom is 0 e. The average Bonchev–Trinajstić information content (AvgIpc) is 2.17. The smallest absolute Gasteiger partial charge is 0 e. The first-order valence-corrected chi connectivity index (χ1v) is 6.57. The van der Waals surface area contributed by atoms with Crippen molar-refractivity contribution in [3.05, 3.63) is 23.1 Å². The predicted molar refractivity (Wildman–Crippen MR) is 45.9 cm³/mol. The Hall–Kier alpha value is 4.81. The summed E-state index contributed by atoms with van der Waals surface area (Å²) in [5.41, 5.74) is 0.703. The molecule has 0 bridgehead atoms. The summed E-state index contributed by atoms with van der Waals surface area (Å²) in [4.78, 5) is 11.6. The molecule has 118 valence electrons. The number of aliphatic hydroxyl groups is 1. The van der Waals surface area contributed by atoms with Gasteiger partial charge in [-0.1, -0.05) is 0 Å².